The lowest BCUT2D eigenvalue weighted by atomic mass is 10.00. The minimum atomic E-state index is -4.46. The van der Waals surface area contributed by atoms with E-state index in [9.17, 15) is 31.1 Å². The average Bonchev–Trinajstić information content (AvgIpc) is 2.87. The van der Waals surface area contributed by atoms with Crippen LogP contribution in [-0.4, -0.2) is 25.4 Å². The first-order valence-electron chi connectivity index (χ1n) is 11.7. The van der Waals surface area contributed by atoms with Crippen molar-refractivity contribution in [3.05, 3.63) is 96.2 Å². The van der Waals surface area contributed by atoms with E-state index >= 15 is 0 Å². The van der Waals surface area contributed by atoms with Crippen molar-refractivity contribution < 1.29 is 45.3 Å². The molecule has 4 N–H and O–H groups in total. The van der Waals surface area contributed by atoms with Crippen LogP contribution in [0.15, 0.2) is 66.7 Å². The standard InChI is InChI=1S/C28H25F6N2O4/c1-17(22-9-7-20(35)14-24(22)36)16-39-26(37)11-4-18-2-5-19(6-3-18)28(33,34)40-25-10-8-21(15-23(25)29)38-13-12-27(30,31)32/h2-11,14-15,17H,1,12-13,16,35-36H2/b11-4+. The van der Waals surface area contributed by atoms with Crippen LogP contribution in [0.5, 0.6) is 11.5 Å². The van der Waals surface area contributed by atoms with Gasteiger partial charge in [0.1, 0.15) is 5.75 Å². The molecule has 0 aliphatic rings. The number of anilines is 2. The zero-order valence-electron chi connectivity index (χ0n) is 20.9. The lowest BCUT2D eigenvalue weighted by Crippen LogP contribution is -2.22. The van der Waals surface area contributed by atoms with Crippen molar-refractivity contribution in [1.29, 1.82) is 0 Å². The number of ether oxygens (including phenoxy) is 3. The van der Waals surface area contributed by atoms with Gasteiger partial charge in [-0.15, -0.1) is 0 Å². The molecule has 0 bridgehead atoms. The number of esters is 1. The zero-order valence-corrected chi connectivity index (χ0v) is 20.9. The number of hydrogen-bond acceptors (Lipinski definition) is 6. The summed E-state index contributed by atoms with van der Waals surface area (Å²) in [5.41, 5.74) is 12.9. The van der Waals surface area contributed by atoms with Gasteiger partial charge in [0.05, 0.1) is 25.2 Å². The number of rotatable bonds is 11. The van der Waals surface area contributed by atoms with Crippen molar-refractivity contribution in [3.8, 4) is 11.5 Å². The summed E-state index contributed by atoms with van der Waals surface area (Å²) in [6, 6.07) is 12.0. The Labute approximate surface area is 226 Å². The Morgan fingerprint density at radius 1 is 0.975 bits per heavy atom. The first-order valence-corrected chi connectivity index (χ1v) is 11.7. The van der Waals surface area contributed by atoms with Gasteiger partial charge in [0.2, 0.25) is 0 Å². The molecule has 40 heavy (non-hydrogen) atoms. The monoisotopic (exact) mass is 567 g/mol. The van der Waals surface area contributed by atoms with E-state index in [0.717, 1.165) is 30.3 Å². The molecule has 3 aromatic rings. The Morgan fingerprint density at radius 2 is 1.68 bits per heavy atom. The van der Waals surface area contributed by atoms with Gasteiger partial charge >= 0.3 is 18.3 Å². The minimum absolute atomic E-state index is 0.0585. The van der Waals surface area contributed by atoms with E-state index in [2.05, 4.69) is 11.7 Å². The molecule has 0 saturated carbocycles. The second-order valence-electron chi connectivity index (χ2n) is 8.60. The van der Waals surface area contributed by atoms with Crippen molar-refractivity contribution in [1.82, 2.24) is 0 Å². The summed E-state index contributed by atoms with van der Waals surface area (Å²) in [4.78, 5) is 12.1. The van der Waals surface area contributed by atoms with Gasteiger partial charge in [-0.25, -0.2) is 9.18 Å². The predicted molar refractivity (Wildman–Crippen MR) is 137 cm³/mol. The fourth-order valence-electron chi connectivity index (χ4n) is 3.37. The van der Waals surface area contributed by atoms with E-state index in [1.165, 1.54) is 18.2 Å². The van der Waals surface area contributed by atoms with Crippen LogP contribution in [0.4, 0.5) is 37.7 Å². The van der Waals surface area contributed by atoms with Gasteiger partial charge in [-0.3, -0.25) is 0 Å². The molecule has 1 atom stereocenters. The van der Waals surface area contributed by atoms with Crippen molar-refractivity contribution in [3.63, 3.8) is 0 Å². The number of carbonyl (C=O) groups is 1. The number of carbonyl (C=O) groups excluding carboxylic acids is 1. The van der Waals surface area contributed by atoms with Crippen LogP contribution in [0.1, 0.15) is 29.0 Å². The van der Waals surface area contributed by atoms with Gasteiger partial charge in [-0.05, 0) is 60.5 Å². The molecule has 0 saturated heterocycles. The maximum Gasteiger partial charge on any atom is 0.426 e. The number of hydrogen-bond donors (Lipinski definition) is 2. The maximum absolute atomic E-state index is 14.6. The summed E-state index contributed by atoms with van der Waals surface area (Å²) < 4.78 is 94.5. The zero-order chi connectivity index (χ0) is 29.5. The smallest absolute Gasteiger partial charge is 0.426 e. The number of nitrogens with two attached hydrogens (primary N) is 2. The molecule has 3 rings (SSSR count). The van der Waals surface area contributed by atoms with Gasteiger partial charge < -0.3 is 25.7 Å². The molecule has 0 fully saturated rings. The Hall–Kier alpha value is -4.35. The van der Waals surface area contributed by atoms with E-state index in [-0.39, 0.29) is 12.4 Å². The molecule has 0 aliphatic heterocycles. The Morgan fingerprint density at radius 3 is 2.30 bits per heavy atom. The minimum Gasteiger partial charge on any atom is -0.493 e. The number of benzene rings is 3. The number of alkyl halides is 5. The topological polar surface area (TPSA) is 96.8 Å². The van der Waals surface area contributed by atoms with Crippen molar-refractivity contribution in [2.75, 3.05) is 24.7 Å². The van der Waals surface area contributed by atoms with Crippen LogP contribution in [0.2, 0.25) is 0 Å². The van der Waals surface area contributed by atoms with Crippen molar-refractivity contribution in [2.24, 2.45) is 0 Å². The van der Waals surface area contributed by atoms with Crippen LogP contribution in [0.3, 0.4) is 0 Å². The summed E-state index contributed by atoms with van der Waals surface area (Å²) in [7, 11) is 0. The summed E-state index contributed by atoms with van der Waals surface area (Å²) in [5.74, 6) is -3.48. The molecule has 0 aliphatic carbocycles. The molecule has 12 heteroatoms. The first kappa shape index (κ1) is 30.2. The van der Waals surface area contributed by atoms with Gasteiger partial charge in [0.15, 0.2) is 11.6 Å². The quantitative estimate of drug-likeness (QED) is 0.117. The summed E-state index contributed by atoms with van der Waals surface area (Å²) in [6.45, 7) is 3.09. The van der Waals surface area contributed by atoms with Gasteiger partial charge in [-0.1, -0.05) is 18.2 Å². The third-order valence-corrected chi connectivity index (χ3v) is 5.43. The van der Waals surface area contributed by atoms with E-state index in [4.69, 9.17) is 20.9 Å². The highest BCUT2D eigenvalue weighted by Gasteiger charge is 2.35. The van der Waals surface area contributed by atoms with Crippen LogP contribution in [-0.2, 0) is 15.6 Å². The fourth-order valence-corrected chi connectivity index (χ4v) is 3.37. The highest BCUT2D eigenvalue weighted by atomic mass is 19.4. The Balaban J connectivity index is 1.54. The normalized spacial score (nSPS) is 12.8. The van der Waals surface area contributed by atoms with Crippen molar-refractivity contribution >= 4 is 23.4 Å². The van der Waals surface area contributed by atoms with Crippen molar-refractivity contribution in [2.45, 2.75) is 24.6 Å². The van der Waals surface area contributed by atoms with Crippen LogP contribution in [0, 0.1) is 12.7 Å². The molecule has 0 spiro atoms. The maximum atomic E-state index is 14.6. The van der Waals surface area contributed by atoms with E-state index in [0.29, 0.717) is 28.6 Å². The molecule has 1 unspecified atom stereocenters. The number of nitrogen functional groups attached to an aromatic ring is 2. The molecule has 6 nitrogen and oxygen atoms in total. The summed E-state index contributed by atoms with van der Waals surface area (Å²) >= 11 is 0. The molecule has 0 heterocycles. The molecular weight excluding hydrogens is 542 g/mol. The molecule has 0 aromatic heterocycles. The number of halogens is 6. The SMILES string of the molecule is [CH2]C(COC(=O)/C=C/c1ccc(C(F)(F)Oc2ccc(OCCC(F)(F)F)cc2F)cc1)c1ccc(N)cc1N. The van der Waals surface area contributed by atoms with Gasteiger partial charge in [0.25, 0.3) is 0 Å². The second-order valence-corrected chi connectivity index (χ2v) is 8.60. The van der Waals surface area contributed by atoms with Gasteiger partial charge in [0, 0.05) is 29.4 Å². The van der Waals surface area contributed by atoms with Crippen LogP contribution in [0.25, 0.3) is 6.08 Å². The molecule has 1 radical (unpaired) electrons. The largest absolute Gasteiger partial charge is 0.493 e. The highest BCUT2D eigenvalue weighted by molar-refractivity contribution is 5.87. The lowest BCUT2D eigenvalue weighted by molar-refractivity contribution is -0.187. The predicted octanol–water partition coefficient (Wildman–Crippen LogP) is 6.62. The average molecular weight is 568 g/mol. The summed E-state index contributed by atoms with van der Waals surface area (Å²) in [6.07, 6.45) is -7.21. The second kappa shape index (κ2) is 12.7. The molecule has 213 valence electrons. The van der Waals surface area contributed by atoms with Crippen LogP contribution < -0.4 is 20.9 Å². The van der Waals surface area contributed by atoms with Crippen LogP contribution >= 0.6 is 0 Å². The summed E-state index contributed by atoms with van der Waals surface area (Å²) in [5, 5.41) is 0. The van der Waals surface area contributed by atoms with E-state index in [1.807, 2.05) is 0 Å². The first-order chi connectivity index (χ1) is 18.7. The third kappa shape index (κ3) is 8.85. The van der Waals surface area contributed by atoms with E-state index < -0.39 is 54.3 Å². The highest BCUT2D eigenvalue weighted by Crippen LogP contribution is 2.34. The molecule has 3 aromatic carbocycles. The lowest BCUT2D eigenvalue weighted by Gasteiger charge is -2.19. The van der Waals surface area contributed by atoms with E-state index in [1.54, 1.807) is 18.2 Å². The molecule has 0 amide bonds. The Bertz CT molecular complexity index is 1340. The fraction of sp³-hybridized carbons (Fsp3) is 0.214. The molecular formula is C28H25F6N2O4. The van der Waals surface area contributed by atoms with Gasteiger partial charge in [-0.2, -0.15) is 22.0 Å². The Kier molecular flexibility index (Phi) is 9.56. The third-order valence-electron chi connectivity index (χ3n) is 5.43.